The number of aromatic nitrogens is 2. The van der Waals surface area contributed by atoms with E-state index in [1.807, 2.05) is 61.5 Å². The zero-order valence-corrected chi connectivity index (χ0v) is 15.8. The van der Waals surface area contributed by atoms with Gasteiger partial charge < -0.3 is 15.4 Å². The van der Waals surface area contributed by atoms with E-state index >= 15 is 0 Å². The zero-order valence-electron chi connectivity index (χ0n) is 15.8. The third-order valence-corrected chi connectivity index (χ3v) is 3.85. The number of para-hydroxylation sites is 1. The van der Waals surface area contributed by atoms with Gasteiger partial charge in [-0.15, -0.1) is 0 Å². The van der Waals surface area contributed by atoms with Gasteiger partial charge in [-0.2, -0.15) is 4.98 Å². The minimum absolute atomic E-state index is 0.0245. The average molecular weight is 374 g/mol. The SMILES string of the molecule is CC=CC(=O)COc1ccc(Nc2nc(Nc3ccccc3)ncc2C)cc1. The molecular formula is C22H22N4O2. The molecule has 0 aliphatic heterocycles. The number of ketones is 1. The van der Waals surface area contributed by atoms with E-state index < -0.39 is 0 Å². The van der Waals surface area contributed by atoms with E-state index in [9.17, 15) is 4.79 Å². The lowest BCUT2D eigenvalue weighted by Crippen LogP contribution is -2.08. The highest BCUT2D eigenvalue weighted by atomic mass is 16.5. The average Bonchev–Trinajstić information content (AvgIpc) is 2.71. The van der Waals surface area contributed by atoms with Crippen LogP contribution in [0.25, 0.3) is 0 Å². The number of ether oxygens (including phenoxy) is 1. The quantitative estimate of drug-likeness (QED) is 0.552. The van der Waals surface area contributed by atoms with Crippen molar-refractivity contribution in [2.75, 3.05) is 17.2 Å². The van der Waals surface area contributed by atoms with Gasteiger partial charge in [-0.3, -0.25) is 4.79 Å². The molecule has 0 amide bonds. The summed E-state index contributed by atoms with van der Waals surface area (Å²) in [5, 5.41) is 6.47. The van der Waals surface area contributed by atoms with Gasteiger partial charge in [0.15, 0.2) is 12.4 Å². The molecule has 0 bridgehead atoms. The highest BCUT2D eigenvalue weighted by Gasteiger charge is 2.06. The van der Waals surface area contributed by atoms with Crippen LogP contribution in [0.5, 0.6) is 5.75 Å². The van der Waals surface area contributed by atoms with Crippen molar-refractivity contribution in [3.63, 3.8) is 0 Å². The molecule has 6 heteroatoms. The summed E-state index contributed by atoms with van der Waals surface area (Å²) in [5.41, 5.74) is 2.71. The number of carbonyl (C=O) groups is 1. The van der Waals surface area contributed by atoms with Crippen molar-refractivity contribution >= 4 is 28.9 Å². The number of anilines is 4. The summed E-state index contributed by atoms with van der Waals surface area (Å²) in [6.07, 6.45) is 4.96. The Morgan fingerprint density at radius 3 is 2.46 bits per heavy atom. The predicted molar refractivity (Wildman–Crippen MR) is 112 cm³/mol. The van der Waals surface area contributed by atoms with Gasteiger partial charge >= 0.3 is 0 Å². The second kappa shape index (κ2) is 9.32. The molecule has 6 nitrogen and oxygen atoms in total. The molecule has 3 rings (SSSR count). The molecule has 0 spiro atoms. The molecule has 2 N–H and O–H groups in total. The van der Waals surface area contributed by atoms with Crippen LogP contribution in [0.1, 0.15) is 12.5 Å². The Hall–Kier alpha value is -3.67. The van der Waals surface area contributed by atoms with Gasteiger partial charge in [0, 0.05) is 23.1 Å². The number of rotatable bonds is 8. The third kappa shape index (κ3) is 5.41. The standard InChI is InChI=1S/C22H22N4O2/c1-3-7-19(27)15-28-20-12-10-18(11-13-20)24-21-16(2)14-23-22(26-21)25-17-8-5-4-6-9-17/h3-14H,15H2,1-2H3,(H2,23,24,25,26). The van der Waals surface area contributed by atoms with E-state index in [1.165, 1.54) is 6.08 Å². The number of aryl methyl sites for hydroxylation is 1. The molecule has 3 aromatic rings. The van der Waals surface area contributed by atoms with Crippen LogP contribution in [0, 0.1) is 6.92 Å². The van der Waals surface area contributed by atoms with Crippen molar-refractivity contribution in [3.05, 3.63) is 78.5 Å². The first kappa shape index (κ1) is 19.1. The monoisotopic (exact) mass is 374 g/mol. The lowest BCUT2D eigenvalue weighted by molar-refractivity contribution is -0.116. The Morgan fingerprint density at radius 1 is 1.04 bits per heavy atom. The normalized spacial score (nSPS) is 10.6. The van der Waals surface area contributed by atoms with Crippen molar-refractivity contribution in [2.45, 2.75) is 13.8 Å². The minimum Gasteiger partial charge on any atom is -0.485 e. The summed E-state index contributed by atoms with van der Waals surface area (Å²) in [4.78, 5) is 20.4. The van der Waals surface area contributed by atoms with Gasteiger partial charge in [0.25, 0.3) is 0 Å². The largest absolute Gasteiger partial charge is 0.485 e. The van der Waals surface area contributed by atoms with Gasteiger partial charge in [-0.05, 0) is 56.3 Å². The molecule has 2 aromatic carbocycles. The lowest BCUT2D eigenvalue weighted by atomic mass is 10.2. The molecule has 0 aliphatic carbocycles. The summed E-state index contributed by atoms with van der Waals surface area (Å²) in [7, 11) is 0. The predicted octanol–water partition coefficient (Wildman–Crippen LogP) is 4.80. The molecule has 0 fully saturated rings. The summed E-state index contributed by atoms with van der Waals surface area (Å²) >= 11 is 0. The highest BCUT2D eigenvalue weighted by molar-refractivity contribution is 5.90. The molecule has 28 heavy (non-hydrogen) atoms. The number of nitrogens with zero attached hydrogens (tertiary/aromatic N) is 2. The second-order valence-corrected chi connectivity index (χ2v) is 6.12. The van der Waals surface area contributed by atoms with Crippen LogP contribution < -0.4 is 15.4 Å². The number of hydrogen-bond donors (Lipinski definition) is 2. The highest BCUT2D eigenvalue weighted by Crippen LogP contribution is 2.22. The van der Waals surface area contributed by atoms with Crippen molar-refractivity contribution < 1.29 is 9.53 Å². The molecule has 0 radical (unpaired) electrons. The first-order valence-electron chi connectivity index (χ1n) is 8.95. The van der Waals surface area contributed by atoms with Crippen molar-refractivity contribution in [2.24, 2.45) is 0 Å². The Labute approximate surface area is 164 Å². The zero-order chi connectivity index (χ0) is 19.8. The van der Waals surface area contributed by atoms with E-state index in [2.05, 4.69) is 20.6 Å². The summed E-state index contributed by atoms with van der Waals surface area (Å²) in [5.74, 6) is 1.79. The van der Waals surface area contributed by atoms with E-state index in [0.717, 1.165) is 16.9 Å². The van der Waals surface area contributed by atoms with Gasteiger partial charge in [0.2, 0.25) is 5.95 Å². The summed E-state index contributed by atoms with van der Waals surface area (Å²) in [6.45, 7) is 3.77. The molecule has 1 aromatic heterocycles. The summed E-state index contributed by atoms with van der Waals surface area (Å²) in [6, 6.07) is 17.1. The second-order valence-electron chi connectivity index (χ2n) is 6.12. The van der Waals surface area contributed by atoms with Gasteiger partial charge in [0.1, 0.15) is 11.6 Å². The minimum atomic E-state index is -0.0697. The fourth-order valence-electron chi connectivity index (χ4n) is 2.44. The Kier molecular flexibility index (Phi) is 6.36. The number of nitrogens with one attached hydrogen (secondary N) is 2. The molecule has 0 saturated carbocycles. The van der Waals surface area contributed by atoms with Crippen molar-refractivity contribution in [1.29, 1.82) is 0 Å². The van der Waals surface area contributed by atoms with Crippen LogP contribution in [0.4, 0.5) is 23.1 Å². The number of hydrogen-bond acceptors (Lipinski definition) is 6. The Morgan fingerprint density at radius 2 is 1.75 bits per heavy atom. The van der Waals surface area contributed by atoms with Crippen LogP contribution >= 0.6 is 0 Å². The summed E-state index contributed by atoms with van der Waals surface area (Å²) < 4.78 is 5.47. The van der Waals surface area contributed by atoms with E-state index in [-0.39, 0.29) is 12.4 Å². The maximum atomic E-state index is 11.5. The molecule has 0 saturated heterocycles. The molecular weight excluding hydrogens is 352 g/mol. The van der Waals surface area contributed by atoms with E-state index in [1.54, 1.807) is 19.2 Å². The molecule has 142 valence electrons. The lowest BCUT2D eigenvalue weighted by Gasteiger charge is -2.11. The number of benzene rings is 2. The Balaban J connectivity index is 1.66. The first-order valence-corrected chi connectivity index (χ1v) is 8.95. The fourth-order valence-corrected chi connectivity index (χ4v) is 2.44. The van der Waals surface area contributed by atoms with Crippen molar-refractivity contribution in [3.8, 4) is 5.75 Å². The smallest absolute Gasteiger partial charge is 0.229 e. The van der Waals surface area contributed by atoms with Crippen LogP contribution in [0.3, 0.4) is 0 Å². The molecule has 0 aliphatic rings. The molecule has 1 heterocycles. The van der Waals surface area contributed by atoms with E-state index in [0.29, 0.717) is 17.5 Å². The van der Waals surface area contributed by atoms with Gasteiger partial charge in [-0.25, -0.2) is 4.98 Å². The van der Waals surface area contributed by atoms with E-state index in [4.69, 9.17) is 4.74 Å². The van der Waals surface area contributed by atoms with Gasteiger partial charge in [0.05, 0.1) is 0 Å². The van der Waals surface area contributed by atoms with Gasteiger partial charge in [-0.1, -0.05) is 24.3 Å². The maximum Gasteiger partial charge on any atom is 0.229 e. The molecule has 0 atom stereocenters. The van der Waals surface area contributed by atoms with Crippen molar-refractivity contribution in [1.82, 2.24) is 9.97 Å². The topological polar surface area (TPSA) is 76.1 Å². The fraction of sp³-hybridized carbons (Fsp3) is 0.136. The first-order chi connectivity index (χ1) is 13.6. The number of carbonyl (C=O) groups excluding carboxylic acids is 1. The Bertz CT molecular complexity index is 954. The van der Waals surface area contributed by atoms with Crippen LogP contribution in [-0.2, 0) is 4.79 Å². The third-order valence-electron chi connectivity index (χ3n) is 3.85. The van der Waals surface area contributed by atoms with Crippen LogP contribution in [0.2, 0.25) is 0 Å². The maximum absolute atomic E-state index is 11.5. The molecule has 0 unspecified atom stereocenters. The van der Waals surface area contributed by atoms with Crippen LogP contribution in [-0.4, -0.2) is 22.4 Å². The number of allylic oxidation sites excluding steroid dienone is 1. The van der Waals surface area contributed by atoms with Crippen LogP contribution in [0.15, 0.2) is 72.9 Å².